The van der Waals surface area contributed by atoms with Gasteiger partial charge in [0.05, 0.1) is 6.61 Å². The third-order valence-corrected chi connectivity index (χ3v) is 3.25. The Hall–Kier alpha value is -1.06. The third-order valence-electron chi connectivity index (χ3n) is 3.25. The minimum atomic E-state index is 0.788. The van der Waals surface area contributed by atoms with E-state index in [-0.39, 0.29) is 0 Å². The molecule has 0 aliphatic heterocycles. The summed E-state index contributed by atoms with van der Waals surface area (Å²) in [6, 6.07) is 8.29. The molecule has 0 heterocycles. The largest absolute Gasteiger partial charge is 0.493 e. The fraction of sp³-hybridized carbons (Fsp3) is 0.625. The molecule has 0 aromatic heterocycles. The third kappa shape index (κ3) is 6.08. The molecule has 3 heteroatoms. The van der Waals surface area contributed by atoms with E-state index in [1.807, 2.05) is 6.07 Å². The Morgan fingerprint density at radius 2 is 1.84 bits per heavy atom. The van der Waals surface area contributed by atoms with Crippen LogP contribution in [0.1, 0.15) is 32.8 Å². The van der Waals surface area contributed by atoms with E-state index in [2.05, 4.69) is 49.2 Å². The van der Waals surface area contributed by atoms with Crippen molar-refractivity contribution in [1.29, 1.82) is 0 Å². The van der Waals surface area contributed by atoms with Crippen molar-refractivity contribution in [2.75, 3.05) is 32.8 Å². The first-order chi connectivity index (χ1) is 9.31. The monoisotopic (exact) mass is 264 g/mol. The molecule has 0 bridgehead atoms. The minimum Gasteiger partial charge on any atom is -0.493 e. The van der Waals surface area contributed by atoms with Gasteiger partial charge in [-0.05, 0) is 25.6 Å². The van der Waals surface area contributed by atoms with Crippen LogP contribution in [0.2, 0.25) is 0 Å². The van der Waals surface area contributed by atoms with E-state index < -0.39 is 0 Å². The Balaban J connectivity index is 2.35. The molecule has 0 aliphatic rings. The van der Waals surface area contributed by atoms with E-state index >= 15 is 0 Å². The van der Waals surface area contributed by atoms with Crippen molar-refractivity contribution in [2.45, 2.75) is 33.7 Å². The van der Waals surface area contributed by atoms with Gasteiger partial charge in [0.2, 0.25) is 0 Å². The summed E-state index contributed by atoms with van der Waals surface area (Å²) >= 11 is 0. The normalized spacial score (nSPS) is 10.9. The maximum absolute atomic E-state index is 5.76. The van der Waals surface area contributed by atoms with E-state index in [0.29, 0.717) is 0 Å². The summed E-state index contributed by atoms with van der Waals surface area (Å²) in [6.45, 7) is 12.6. The number of ether oxygens (including phenoxy) is 1. The van der Waals surface area contributed by atoms with Crippen molar-refractivity contribution >= 4 is 0 Å². The van der Waals surface area contributed by atoms with Gasteiger partial charge in [0.1, 0.15) is 5.75 Å². The highest BCUT2D eigenvalue weighted by molar-refractivity contribution is 5.33. The van der Waals surface area contributed by atoms with Crippen molar-refractivity contribution in [1.82, 2.24) is 10.2 Å². The standard InChI is InChI=1S/C16H28N2O/c1-4-13-19-16-10-8-7-9-15(16)14-17-11-12-18(5-2)6-3/h7-10,17H,4-6,11-14H2,1-3H3. The van der Waals surface area contributed by atoms with Gasteiger partial charge in [-0.3, -0.25) is 0 Å². The predicted molar refractivity (Wildman–Crippen MR) is 81.7 cm³/mol. The molecule has 0 spiro atoms. The first-order valence-corrected chi connectivity index (χ1v) is 7.45. The van der Waals surface area contributed by atoms with Crippen LogP contribution < -0.4 is 10.1 Å². The summed E-state index contributed by atoms with van der Waals surface area (Å²) in [5.74, 6) is 1.01. The summed E-state index contributed by atoms with van der Waals surface area (Å²) in [5.41, 5.74) is 1.25. The fourth-order valence-electron chi connectivity index (χ4n) is 2.00. The van der Waals surface area contributed by atoms with Gasteiger partial charge in [-0.2, -0.15) is 0 Å². The lowest BCUT2D eigenvalue weighted by molar-refractivity contribution is 0.299. The molecule has 1 N–H and O–H groups in total. The van der Waals surface area contributed by atoms with Crippen molar-refractivity contribution in [2.24, 2.45) is 0 Å². The number of nitrogens with one attached hydrogen (secondary N) is 1. The van der Waals surface area contributed by atoms with Crippen LogP contribution in [0.4, 0.5) is 0 Å². The Labute approximate surface area is 118 Å². The quantitative estimate of drug-likeness (QED) is 0.658. The first kappa shape index (κ1) is 16.0. The summed E-state index contributed by atoms with van der Waals surface area (Å²) in [7, 11) is 0. The second-order valence-corrected chi connectivity index (χ2v) is 4.66. The first-order valence-electron chi connectivity index (χ1n) is 7.45. The van der Waals surface area contributed by atoms with Gasteiger partial charge in [0, 0.05) is 25.2 Å². The highest BCUT2D eigenvalue weighted by Crippen LogP contribution is 2.17. The van der Waals surface area contributed by atoms with Gasteiger partial charge in [0.25, 0.3) is 0 Å². The topological polar surface area (TPSA) is 24.5 Å². The van der Waals surface area contributed by atoms with Crippen LogP contribution in [0.25, 0.3) is 0 Å². The van der Waals surface area contributed by atoms with E-state index in [0.717, 1.165) is 51.5 Å². The molecule has 0 radical (unpaired) electrons. The molecule has 19 heavy (non-hydrogen) atoms. The Morgan fingerprint density at radius 3 is 2.53 bits per heavy atom. The maximum atomic E-state index is 5.76. The Kier molecular flexibility index (Phi) is 8.26. The number of rotatable bonds is 10. The number of hydrogen-bond donors (Lipinski definition) is 1. The van der Waals surface area contributed by atoms with Crippen molar-refractivity contribution in [3.05, 3.63) is 29.8 Å². The van der Waals surface area contributed by atoms with Crippen LogP contribution in [0.15, 0.2) is 24.3 Å². The molecule has 108 valence electrons. The molecule has 0 saturated heterocycles. The van der Waals surface area contributed by atoms with E-state index in [9.17, 15) is 0 Å². The fourth-order valence-corrected chi connectivity index (χ4v) is 2.00. The van der Waals surface area contributed by atoms with E-state index in [1.54, 1.807) is 0 Å². The molecule has 0 aliphatic carbocycles. The smallest absolute Gasteiger partial charge is 0.123 e. The predicted octanol–water partition coefficient (Wildman–Crippen LogP) is 2.91. The maximum Gasteiger partial charge on any atom is 0.123 e. The van der Waals surface area contributed by atoms with Gasteiger partial charge in [-0.25, -0.2) is 0 Å². The highest BCUT2D eigenvalue weighted by Gasteiger charge is 2.03. The zero-order chi connectivity index (χ0) is 13.9. The molecular formula is C16H28N2O. The Morgan fingerprint density at radius 1 is 1.11 bits per heavy atom. The van der Waals surface area contributed by atoms with Crippen LogP contribution in [0, 0.1) is 0 Å². The SMILES string of the molecule is CCCOc1ccccc1CNCCN(CC)CC. The van der Waals surface area contributed by atoms with E-state index in [1.165, 1.54) is 5.56 Å². The van der Waals surface area contributed by atoms with Gasteiger partial charge in [0.15, 0.2) is 0 Å². The minimum absolute atomic E-state index is 0.788. The second kappa shape index (κ2) is 9.82. The van der Waals surface area contributed by atoms with Gasteiger partial charge in [-0.1, -0.05) is 39.0 Å². The van der Waals surface area contributed by atoms with E-state index in [4.69, 9.17) is 4.74 Å². The lowest BCUT2D eigenvalue weighted by Gasteiger charge is -2.18. The van der Waals surface area contributed by atoms with Crippen molar-refractivity contribution in [3.8, 4) is 5.75 Å². The molecule has 0 atom stereocenters. The van der Waals surface area contributed by atoms with Crippen LogP contribution in [-0.4, -0.2) is 37.7 Å². The zero-order valence-electron chi connectivity index (χ0n) is 12.6. The number of nitrogens with zero attached hydrogens (tertiary/aromatic N) is 1. The second-order valence-electron chi connectivity index (χ2n) is 4.66. The molecule has 0 amide bonds. The Bertz CT molecular complexity index is 337. The molecular weight excluding hydrogens is 236 g/mol. The number of hydrogen-bond acceptors (Lipinski definition) is 3. The van der Waals surface area contributed by atoms with Crippen LogP contribution >= 0.6 is 0 Å². The van der Waals surface area contributed by atoms with Gasteiger partial charge in [-0.15, -0.1) is 0 Å². The zero-order valence-corrected chi connectivity index (χ0v) is 12.6. The summed E-state index contributed by atoms with van der Waals surface area (Å²) in [5, 5.41) is 3.50. The molecule has 1 rings (SSSR count). The molecule has 1 aromatic carbocycles. The summed E-state index contributed by atoms with van der Waals surface area (Å²) in [6.07, 6.45) is 1.05. The lowest BCUT2D eigenvalue weighted by atomic mass is 10.2. The molecule has 0 saturated carbocycles. The van der Waals surface area contributed by atoms with Crippen molar-refractivity contribution < 1.29 is 4.74 Å². The number of likely N-dealkylation sites (N-methyl/N-ethyl adjacent to an activating group) is 1. The van der Waals surface area contributed by atoms with Crippen LogP contribution in [0.5, 0.6) is 5.75 Å². The summed E-state index contributed by atoms with van der Waals surface area (Å²) < 4.78 is 5.76. The van der Waals surface area contributed by atoms with Gasteiger partial charge >= 0.3 is 0 Å². The summed E-state index contributed by atoms with van der Waals surface area (Å²) in [4.78, 5) is 2.42. The average molecular weight is 264 g/mol. The number of benzene rings is 1. The molecule has 0 unspecified atom stereocenters. The van der Waals surface area contributed by atoms with Gasteiger partial charge < -0.3 is 15.0 Å². The average Bonchev–Trinajstić information content (AvgIpc) is 2.46. The molecule has 1 aromatic rings. The molecule has 3 nitrogen and oxygen atoms in total. The van der Waals surface area contributed by atoms with Crippen LogP contribution in [0.3, 0.4) is 0 Å². The van der Waals surface area contributed by atoms with Crippen molar-refractivity contribution in [3.63, 3.8) is 0 Å². The number of para-hydroxylation sites is 1. The van der Waals surface area contributed by atoms with Crippen LogP contribution in [-0.2, 0) is 6.54 Å². The molecule has 0 fully saturated rings. The highest BCUT2D eigenvalue weighted by atomic mass is 16.5. The lowest BCUT2D eigenvalue weighted by Crippen LogP contribution is -2.31.